The molecule has 1 saturated carbocycles. The molecule has 0 aliphatic heterocycles. The minimum Gasteiger partial charge on any atom is -0.385 e. The fraction of sp³-hybridized carbons (Fsp3) is 1.00. The van der Waals surface area contributed by atoms with Gasteiger partial charge in [-0.25, -0.2) is 0 Å². The first kappa shape index (κ1) is 15.9. The van der Waals surface area contributed by atoms with Gasteiger partial charge in [0, 0.05) is 26.9 Å². The number of ether oxygens (including phenoxy) is 2. The highest BCUT2D eigenvalue weighted by atomic mass is 16.5. The summed E-state index contributed by atoms with van der Waals surface area (Å²) in [5.41, 5.74) is 0. The molecule has 2 unspecified atom stereocenters. The normalized spacial score (nSPS) is 20.8. The Morgan fingerprint density at radius 3 is 2.44 bits per heavy atom. The van der Waals surface area contributed by atoms with Gasteiger partial charge < -0.3 is 14.8 Å². The summed E-state index contributed by atoms with van der Waals surface area (Å²) in [6.45, 7) is 4.05. The minimum absolute atomic E-state index is 0.377. The van der Waals surface area contributed by atoms with Crippen molar-refractivity contribution in [3.63, 3.8) is 0 Å². The van der Waals surface area contributed by atoms with Crippen LogP contribution in [0.5, 0.6) is 0 Å². The molecular weight excluding hydrogens is 226 g/mol. The zero-order chi connectivity index (χ0) is 13.2. The fourth-order valence-corrected chi connectivity index (χ4v) is 3.24. The van der Waals surface area contributed by atoms with Gasteiger partial charge in [0.2, 0.25) is 0 Å². The van der Waals surface area contributed by atoms with Crippen LogP contribution in [0, 0.1) is 5.92 Å². The maximum atomic E-state index is 5.83. The Bertz CT molecular complexity index is 193. The monoisotopic (exact) mass is 257 g/mol. The van der Waals surface area contributed by atoms with Crippen molar-refractivity contribution >= 4 is 0 Å². The van der Waals surface area contributed by atoms with Crippen LogP contribution in [0.1, 0.15) is 51.9 Å². The third-order valence-corrected chi connectivity index (χ3v) is 4.11. The molecule has 108 valence electrons. The van der Waals surface area contributed by atoms with Crippen LogP contribution in [0.15, 0.2) is 0 Å². The molecular formula is C15H31NO2. The summed E-state index contributed by atoms with van der Waals surface area (Å²) >= 11 is 0. The molecule has 1 fully saturated rings. The second-order valence-electron chi connectivity index (χ2n) is 5.40. The SMILES string of the molecule is CCNC(CCCOC)C(OC)C1CCCCC1. The highest BCUT2D eigenvalue weighted by Gasteiger charge is 2.29. The third-order valence-electron chi connectivity index (χ3n) is 4.11. The van der Waals surface area contributed by atoms with E-state index >= 15 is 0 Å². The Labute approximate surface area is 113 Å². The van der Waals surface area contributed by atoms with Gasteiger partial charge in [-0.1, -0.05) is 26.2 Å². The summed E-state index contributed by atoms with van der Waals surface area (Å²) in [4.78, 5) is 0. The van der Waals surface area contributed by atoms with Crippen LogP contribution in [0.3, 0.4) is 0 Å². The first-order valence-electron chi connectivity index (χ1n) is 7.58. The summed E-state index contributed by atoms with van der Waals surface area (Å²) < 4.78 is 11.0. The van der Waals surface area contributed by atoms with Crippen LogP contribution >= 0.6 is 0 Å². The molecule has 0 aromatic heterocycles. The summed E-state index contributed by atoms with van der Waals surface area (Å²) in [5.74, 6) is 0.746. The molecule has 0 radical (unpaired) electrons. The minimum atomic E-state index is 0.377. The molecule has 3 heteroatoms. The number of nitrogens with one attached hydrogen (secondary N) is 1. The van der Waals surface area contributed by atoms with E-state index in [1.807, 2.05) is 7.11 Å². The van der Waals surface area contributed by atoms with Gasteiger partial charge in [-0.2, -0.15) is 0 Å². The van der Waals surface area contributed by atoms with E-state index in [0.717, 1.165) is 31.9 Å². The van der Waals surface area contributed by atoms with Crippen molar-refractivity contribution < 1.29 is 9.47 Å². The number of hydrogen-bond acceptors (Lipinski definition) is 3. The highest BCUT2D eigenvalue weighted by Crippen LogP contribution is 2.30. The number of methoxy groups -OCH3 is 2. The molecule has 0 amide bonds. The Morgan fingerprint density at radius 1 is 1.17 bits per heavy atom. The summed E-state index contributed by atoms with van der Waals surface area (Å²) in [5, 5.41) is 3.61. The van der Waals surface area contributed by atoms with Crippen LogP contribution in [-0.2, 0) is 9.47 Å². The standard InChI is InChI=1S/C15H31NO2/c1-4-16-14(11-8-12-17-2)15(18-3)13-9-6-5-7-10-13/h13-16H,4-12H2,1-3H3. The quantitative estimate of drug-likeness (QED) is 0.644. The predicted octanol–water partition coefficient (Wildman–Crippen LogP) is 2.99. The van der Waals surface area contributed by atoms with E-state index in [1.54, 1.807) is 7.11 Å². The molecule has 0 saturated heterocycles. The van der Waals surface area contributed by atoms with E-state index < -0.39 is 0 Å². The fourth-order valence-electron chi connectivity index (χ4n) is 3.24. The molecule has 0 aromatic carbocycles. The Balaban J connectivity index is 2.48. The van der Waals surface area contributed by atoms with Gasteiger partial charge in [0.1, 0.15) is 0 Å². The first-order chi connectivity index (χ1) is 8.83. The number of likely N-dealkylation sites (N-methyl/N-ethyl adjacent to an activating group) is 1. The van der Waals surface area contributed by atoms with Crippen LogP contribution in [0.4, 0.5) is 0 Å². The summed E-state index contributed by atoms with van der Waals surface area (Å²) in [6.07, 6.45) is 9.47. The van der Waals surface area contributed by atoms with Gasteiger partial charge in [0.05, 0.1) is 6.10 Å². The molecule has 1 rings (SSSR count). The van der Waals surface area contributed by atoms with Gasteiger partial charge in [-0.05, 0) is 38.1 Å². The zero-order valence-electron chi connectivity index (χ0n) is 12.4. The molecule has 0 heterocycles. The smallest absolute Gasteiger partial charge is 0.0752 e. The lowest BCUT2D eigenvalue weighted by molar-refractivity contribution is 0.00454. The van der Waals surface area contributed by atoms with Crippen LogP contribution in [-0.4, -0.2) is 39.5 Å². The van der Waals surface area contributed by atoms with Crippen molar-refractivity contribution in [2.45, 2.75) is 64.0 Å². The number of rotatable bonds is 9. The average Bonchev–Trinajstić information content (AvgIpc) is 2.41. The van der Waals surface area contributed by atoms with Crippen molar-refractivity contribution in [1.82, 2.24) is 5.32 Å². The predicted molar refractivity (Wildman–Crippen MR) is 75.9 cm³/mol. The van der Waals surface area contributed by atoms with E-state index in [9.17, 15) is 0 Å². The van der Waals surface area contributed by atoms with Gasteiger partial charge in [-0.3, -0.25) is 0 Å². The second kappa shape index (κ2) is 9.76. The summed E-state index contributed by atoms with van der Waals surface area (Å²) in [6, 6.07) is 0.484. The lowest BCUT2D eigenvalue weighted by atomic mass is 9.81. The van der Waals surface area contributed by atoms with E-state index in [1.165, 1.54) is 32.1 Å². The molecule has 0 spiro atoms. The van der Waals surface area contributed by atoms with Crippen molar-refractivity contribution in [2.75, 3.05) is 27.4 Å². The van der Waals surface area contributed by atoms with Crippen LogP contribution in [0.2, 0.25) is 0 Å². The zero-order valence-corrected chi connectivity index (χ0v) is 12.4. The van der Waals surface area contributed by atoms with E-state index in [2.05, 4.69) is 12.2 Å². The third kappa shape index (κ3) is 5.25. The van der Waals surface area contributed by atoms with Gasteiger partial charge in [0.15, 0.2) is 0 Å². The van der Waals surface area contributed by atoms with Crippen LogP contribution < -0.4 is 5.32 Å². The van der Waals surface area contributed by atoms with E-state index in [4.69, 9.17) is 9.47 Å². The largest absolute Gasteiger partial charge is 0.385 e. The van der Waals surface area contributed by atoms with Crippen molar-refractivity contribution in [2.24, 2.45) is 5.92 Å². The Kier molecular flexibility index (Phi) is 8.64. The average molecular weight is 257 g/mol. The first-order valence-corrected chi connectivity index (χ1v) is 7.58. The topological polar surface area (TPSA) is 30.5 Å². The van der Waals surface area contributed by atoms with Gasteiger partial charge in [0.25, 0.3) is 0 Å². The lowest BCUT2D eigenvalue weighted by Gasteiger charge is -2.35. The molecule has 1 N–H and O–H groups in total. The maximum Gasteiger partial charge on any atom is 0.0752 e. The maximum absolute atomic E-state index is 5.83. The Hall–Kier alpha value is -0.120. The van der Waals surface area contributed by atoms with Crippen molar-refractivity contribution in [3.05, 3.63) is 0 Å². The van der Waals surface area contributed by atoms with Crippen LogP contribution in [0.25, 0.3) is 0 Å². The number of hydrogen-bond donors (Lipinski definition) is 1. The van der Waals surface area contributed by atoms with Crippen molar-refractivity contribution in [1.29, 1.82) is 0 Å². The lowest BCUT2D eigenvalue weighted by Crippen LogP contribution is -2.45. The molecule has 3 nitrogen and oxygen atoms in total. The molecule has 1 aliphatic rings. The van der Waals surface area contributed by atoms with Gasteiger partial charge >= 0.3 is 0 Å². The van der Waals surface area contributed by atoms with Gasteiger partial charge in [-0.15, -0.1) is 0 Å². The molecule has 0 aromatic rings. The van der Waals surface area contributed by atoms with Crippen molar-refractivity contribution in [3.8, 4) is 0 Å². The Morgan fingerprint density at radius 2 is 1.89 bits per heavy atom. The van der Waals surface area contributed by atoms with E-state index in [-0.39, 0.29) is 0 Å². The summed E-state index contributed by atoms with van der Waals surface area (Å²) in [7, 11) is 3.65. The highest BCUT2D eigenvalue weighted by molar-refractivity contribution is 4.84. The van der Waals surface area contributed by atoms with E-state index in [0.29, 0.717) is 12.1 Å². The molecule has 18 heavy (non-hydrogen) atoms. The second-order valence-corrected chi connectivity index (χ2v) is 5.40. The molecule has 2 atom stereocenters. The molecule has 0 bridgehead atoms. The molecule has 1 aliphatic carbocycles.